The largest absolute Gasteiger partial charge is 0.369 e. The smallest absolute Gasteiger partial charge is 0.115 e. The van der Waals surface area contributed by atoms with Crippen LogP contribution in [0.25, 0.3) is 6.08 Å². The van der Waals surface area contributed by atoms with Crippen LogP contribution >= 0.6 is 0 Å². The van der Waals surface area contributed by atoms with Gasteiger partial charge < -0.3 is 4.74 Å². The molecule has 0 saturated heterocycles. The van der Waals surface area contributed by atoms with Gasteiger partial charge in [-0.25, -0.2) is 0 Å². The van der Waals surface area contributed by atoms with E-state index in [-0.39, 0.29) is 5.60 Å². The molecular weight excluding hydrogens is 172 g/mol. The van der Waals surface area contributed by atoms with Gasteiger partial charge >= 0.3 is 0 Å². The lowest BCUT2D eigenvalue weighted by molar-refractivity contribution is 0.0346. The number of benzene rings is 1. The van der Waals surface area contributed by atoms with Gasteiger partial charge in [-0.15, -0.1) is 6.58 Å². The zero-order valence-corrected chi connectivity index (χ0v) is 8.36. The highest BCUT2D eigenvalue weighted by Crippen LogP contribution is 2.39. The zero-order valence-electron chi connectivity index (χ0n) is 8.36. The molecule has 0 N–H and O–H groups in total. The molecule has 1 nitrogen and oxygen atoms in total. The molecule has 1 atom stereocenters. The van der Waals surface area contributed by atoms with Crippen LogP contribution in [0.1, 0.15) is 17.5 Å². The van der Waals surface area contributed by atoms with Crippen molar-refractivity contribution in [2.45, 2.75) is 12.0 Å². The third kappa shape index (κ3) is 1.21. The first kappa shape index (κ1) is 9.22. The summed E-state index contributed by atoms with van der Waals surface area (Å²) in [5, 5.41) is 0. The van der Waals surface area contributed by atoms with Crippen molar-refractivity contribution in [1.82, 2.24) is 0 Å². The number of fused-ring (bicyclic) bond motifs is 1. The Morgan fingerprint density at radius 1 is 1.43 bits per heavy atom. The summed E-state index contributed by atoms with van der Waals surface area (Å²) >= 11 is 0. The van der Waals surface area contributed by atoms with Crippen molar-refractivity contribution in [2.24, 2.45) is 0 Å². The first-order chi connectivity index (χ1) is 6.82. The molecule has 0 fully saturated rings. The molecule has 72 valence electrons. The van der Waals surface area contributed by atoms with Gasteiger partial charge in [0.05, 0.1) is 0 Å². The van der Waals surface area contributed by atoms with Crippen LogP contribution in [0.2, 0.25) is 0 Å². The predicted octanol–water partition coefficient (Wildman–Crippen LogP) is 3.13. The fourth-order valence-corrected chi connectivity index (χ4v) is 2.00. The van der Waals surface area contributed by atoms with Gasteiger partial charge in [-0.05, 0) is 17.2 Å². The molecule has 0 aliphatic heterocycles. The summed E-state index contributed by atoms with van der Waals surface area (Å²) in [5.74, 6) is 0. The summed E-state index contributed by atoms with van der Waals surface area (Å²) in [5.41, 5.74) is 2.21. The van der Waals surface area contributed by atoms with Crippen LogP contribution in [0.4, 0.5) is 0 Å². The van der Waals surface area contributed by atoms with Crippen molar-refractivity contribution in [2.75, 3.05) is 7.11 Å². The van der Waals surface area contributed by atoms with Crippen LogP contribution in [0.15, 0.2) is 43.0 Å². The molecule has 0 radical (unpaired) electrons. The molecule has 1 aliphatic carbocycles. The molecule has 1 aromatic carbocycles. The van der Waals surface area contributed by atoms with Crippen LogP contribution < -0.4 is 0 Å². The number of hydrogen-bond acceptors (Lipinski definition) is 1. The van der Waals surface area contributed by atoms with Crippen LogP contribution in [0, 0.1) is 0 Å². The molecule has 0 aromatic heterocycles. The molecule has 0 spiro atoms. The summed E-state index contributed by atoms with van der Waals surface area (Å²) < 4.78 is 5.61. The first-order valence-electron chi connectivity index (χ1n) is 4.77. The standard InChI is InChI=1S/C13H14O/c1-3-9-13(14-2)10-8-11-6-4-5-7-12(11)13/h3-8,10H,1,9H2,2H3. The van der Waals surface area contributed by atoms with E-state index in [1.807, 2.05) is 18.2 Å². The maximum absolute atomic E-state index is 5.61. The highest BCUT2D eigenvalue weighted by molar-refractivity contribution is 5.64. The van der Waals surface area contributed by atoms with E-state index in [0.29, 0.717) is 0 Å². The van der Waals surface area contributed by atoms with Crippen LogP contribution in [0.3, 0.4) is 0 Å². The monoisotopic (exact) mass is 186 g/mol. The normalized spacial score (nSPS) is 23.5. The molecule has 0 bridgehead atoms. The van der Waals surface area contributed by atoms with Crippen LogP contribution in [-0.2, 0) is 10.3 Å². The van der Waals surface area contributed by atoms with Gasteiger partial charge in [0.25, 0.3) is 0 Å². The summed E-state index contributed by atoms with van der Waals surface area (Å²) in [6, 6.07) is 8.31. The zero-order chi connectivity index (χ0) is 10.0. The van der Waals surface area contributed by atoms with E-state index in [0.717, 1.165) is 6.42 Å². The van der Waals surface area contributed by atoms with Crippen molar-refractivity contribution in [3.8, 4) is 0 Å². The van der Waals surface area contributed by atoms with Crippen LogP contribution in [0.5, 0.6) is 0 Å². The Morgan fingerprint density at radius 2 is 2.21 bits per heavy atom. The third-order valence-corrected chi connectivity index (χ3v) is 2.76. The van der Waals surface area contributed by atoms with E-state index < -0.39 is 0 Å². The predicted molar refractivity (Wildman–Crippen MR) is 59.0 cm³/mol. The topological polar surface area (TPSA) is 9.23 Å². The molecular formula is C13H14O. The number of hydrogen-bond donors (Lipinski definition) is 0. The van der Waals surface area contributed by atoms with Gasteiger partial charge in [-0.1, -0.05) is 36.4 Å². The van der Waals surface area contributed by atoms with Gasteiger partial charge in [-0.2, -0.15) is 0 Å². The minimum atomic E-state index is -0.279. The maximum Gasteiger partial charge on any atom is 0.115 e. The summed E-state index contributed by atoms with van der Waals surface area (Å²) in [7, 11) is 1.75. The lowest BCUT2D eigenvalue weighted by Gasteiger charge is -2.26. The van der Waals surface area contributed by atoms with Crippen molar-refractivity contribution in [3.05, 3.63) is 54.1 Å². The van der Waals surface area contributed by atoms with E-state index >= 15 is 0 Å². The van der Waals surface area contributed by atoms with Crippen molar-refractivity contribution in [1.29, 1.82) is 0 Å². The molecule has 1 aliphatic rings. The Kier molecular flexibility index (Phi) is 2.26. The minimum Gasteiger partial charge on any atom is -0.369 e. The number of ether oxygens (including phenoxy) is 1. The fourth-order valence-electron chi connectivity index (χ4n) is 2.00. The molecule has 1 unspecified atom stereocenters. The quantitative estimate of drug-likeness (QED) is 0.659. The maximum atomic E-state index is 5.61. The molecule has 14 heavy (non-hydrogen) atoms. The molecule has 0 heterocycles. The van der Waals surface area contributed by atoms with E-state index in [1.165, 1.54) is 11.1 Å². The Bertz CT molecular complexity index is 379. The molecule has 1 heteroatoms. The molecule has 0 saturated carbocycles. The average molecular weight is 186 g/mol. The van der Waals surface area contributed by atoms with E-state index in [2.05, 4.69) is 30.9 Å². The molecule has 1 aromatic rings. The van der Waals surface area contributed by atoms with E-state index in [9.17, 15) is 0 Å². The minimum absolute atomic E-state index is 0.279. The second-order valence-corrected chi connectivity index (χ2v) is 3.51. The molecule has 0 amide bonds. The van der Waals surface area contributed by atoms with E-state index in [1.54, 1.807) is 7.11 Å². The van der Waals surface area contributed by atoms with Gasteiger partial charge in [0, 0.05) is 13.5 Å². The van der Waals surface area contributed by atoms with Gasteiger partial charge in [0.1, 0.15) is 5.60 Å². The average Bonchev–Trinajstić information content (AvgIpc) is 2.59. The summed E-state index contributed by atoms with van der Waals surface area (Å²) in [6.45, 7) is 3.78. The third-order valence-electron chi connectivity index (χ3n) is 2.76. The van der Waals surface area contributed by atoms with Crippen molar-refractivity contribution < 1.29 is 4.74 Å². The first-order valence-corrected chi connectivity index (χ1v) is 4.77. The Hall–Kier alpha value is -1.34. The number of methoxy groups -OCH3 is 1. The van der Waals surface area contributed by atoms with E-state index in [4.69, 9.17) is 4.74 Å². The highest BCUT2D eigenvalue weighted by Gasteiger charge is 2.32. The lowest BCUT2D eigenvalue weighted by atomic mass is 9.92. The van der Waals surface area contributed by atoms with Gasteiger partial charge in [0.15, 0.2) is 0 Å². The second-order valence-electron chi connectivity index (χ2n) is 3.51. The fraction of sp³-hybridized carbons (Fsp3) is 0.231. The van der Waals surface area contributed by atoms with Crippen molar-refractivity contribution >= 4 is 6.08 Å². The Labute approximate surface area is 84.7 Å². The SMILES string of the molecule is C=CCC1(OC)C=Cc2ccccc21. The van der Waals surface area contributed by atoms with Gasteiger partial charge in [-0.3, -0.25) is 0 Å². The molecule has 2 rings (SSSR count). The van der Waals surface area contributed by atoms with Crippen LogP contribution in [-0.4, -0.2) is 7.11 Å². The summed E-state index contributed by atoms with van der Waals surface area (Å²) in [6.07, 6.45) is 6.94. The van der Waals surface area contributed by atoms with Crippen molar-refractivity contribution in [3.63, 3.8) is 0 Å². The second kappa shape index (κ2) is 3.43. The lowest BCUT2D eigenvalue weighted by Crippen LogP contribution is -2.23. The Morgan fingerprint density at radius 3 is 2.93 bits per heavy atom. The highest BCUT2D eigenvalue weighted by atomic mass is 16.5. The Balaban J connectivity index is 2.49. The van der Waals surface area contributed by atoms with Gasteiger partial charge in [0.2, 0.25) is 0 Å². The number of rotatable bonds is 3. The summed E-state index contributed by atoms with van der Waals surface area (Å²) in [4.78, 5) is 0.